The highest BCUT2D eigenvalue weighted by molar-refractivity contribution is 5.33. The molecule has 2 atom stereocenters. The number of rotatable bonds is 6. The molecule has 16 heavy (non-hydrogen) atoms. The Balaban J connectivity index is 2.36. The highest BCUT2D eigenvalue weighted by Crippen LogP contribution is 2.34. The van der Waals surface area contributed by atoms with Crippen LogP contribution < -0.4 is 0 Å². The summed E-state index contributed by atoms with van der Waals surface area (Å²) >= 11 is 0. The van der Waals surface area contributed by atoms with Gasteiger partial charge in [0.05, 0.1) is 13.1 Å². The Labute approximate surface area is 95.9 Å². The summed E-state index contributed by atoms with van der Waals surface area (Å²) in [6.07, 6.45) is 10.0. The maximum absolute atomic E-state index is 9.99. The molecule has 0 N–H and O–H groups in total. The van der Waals surface area contributed by atoms with Crippen LogP contribution in [0.15, 0.2) is 9.98 Å². The third kappa shape index (κ3) is 4.52. The predicted molar refractivity (Wildman–Crippen MR) is 60.7 cm³/mol. The van der Waals surface area contributed by atoms with E-state index in [0.29, 0.717) is 24.9 Å². The van der Waals surface area contributed by atoms with Gasteiger partial charge in [0.2, 0.25) is 12.2 Å². The molecule has 0 amide bonds. The largest absolute Gasteiger partial charge is 0.234 e. The van der Waals surface area contributed by atoms with Crippen LogP contribution >= 0.6 is 0 Å². The van der Waals surface area contributed by atoms with Crippen LogP contribution in [0.2, 0.25) is 0 Å². The minimum absolute atomic E-state index is 0.585. The molecule has 4 nitrogen and oxygen atoms in total. The molecule has 0 aromatic heterocycles. The van der Waals surface area contributed by atoms with E-state index in [1.807, 2.05) is 0 Å². The van der Waals surface area contributed by atoms with Crippen molar-refractivity contribution in [2.24, 2.45) is 21.8 Å². The molecule has 1 fully saturated rings. The zero-order chi connectivity index (χ0) is 11.6. The summed E-state index contributed by atoms with van der Waals surface area (Å²) in [6.45, 7) is 1.17. The summed E-state index contributed by atoms with van der Waals surface area (Å²) < 4.78 is 0. The number of nitrogens with zero attached hydrogens (tertiary/aromatic N) is 2. The molecule has 0 heterocycles. The smallest absolute Gasteiger partial charge is 0.211 e. The minimum Gasteiger partial charge on any atom is -0.211 e. The third-order valence-corrected chi connectivity index (χ3v) is 3.42. The van der Waals surface area contributed by atoms with E-state index in [4.69, 9.17) is 0 Å². The van der Waals surface area contributed by atoms with Crippen LogP contribution in [0, 0.1) is 11.8 Å². The van der Waals surface area contributed by atoms with Gasteiger partial charge in [0.25, 0.3) is 0 Å². The van der Waals surface area contributed by atoms with Gasteiger partial charge < -0.3 is 0 Å². The lowest BCUT2D eigenvalue weighted by Crippen LogP contribution is -2.21. The fourth-order valence-corrected chi connectivity index (χ4v) is 2.60. The number of carbonyl (C=O) groups excluding carboxylic acids is 2. The summed E-state index contributed by atoms with van der Waals surface area (Å²) in [4.78, 5) is 27.2. The van der Waals surface area contributed by atoms with Crippen molar-refractivity contribution in [3.63, 3.8) is 0 Å². The summed E-state index contributed by atoms with van der Waals surface area (Å²) in [6, 6.07) is 0. The first kappa shape index (κ1) is 12.8. The van der Waals surface area contributed by atoms with Crippen molar-refractivity contribution < 1.29 is 9.59 Å². The lowest BCUT2D eigenvalue weighted by molar-refractivity contribution is 0.217. The molecule has 0 aromatic carbocycles. The van der Waals surface area contributed by atoms with E-state index < -0.39 is 0 Å². The Morgan fingerprint density at radius 1 is 0.875 bits per heavy atom. The normalized spacial score (nSPS) is 24.2. The standard InChI is InChI=1S/C12H18N2O2/c15-9-13-7-5-11-3-1-2-4-12(11)6-8-14-10-16/h11-12H,1-8H2. The summed E-state index contributed by atoms with van der Waals surface area (Å²) in [7, 11) is 0. The average molecular weight is 222 g/mol. The maximum atomic E-state index is 9.99. The Morgan fingerprint density at radius 2 is 1.31 bits per heavy atom. The van der Waals surface area contributed by atoms with E-state index in [-0.39, 0.29) is 0 Å². The number of aliphatic imine (C=N–C) groups is 2. The van der Waals surface area contributed by atoms with E-state index >= 15 is 0 Å². The van der Waals surface area contributed by atoms with Gasteiger partial charge in [-0.2, -0.15) is 0 Å². The van der Waals surface area contributed by atoms with Crippen LogP contribution in [0.4, 0.5) is 0 Å². The zero-order valence-corrected chi connectivity index (χ0v) is 9.52. The quantitative estimate of drug-likeness (QED) is 0.511. The molecule has 0 radical (unpaired) electrons. The lowest BCUT2D eigenvalue weighted by Gasteiger charge is -2.30. The number of isocyanates is 2. The second kappa shape index (κ2) is 7.98. The van der Waals surface area contributed by atoms with Crippen molar-refractivity contribution in [3.8, 4) is 0 Å². The van der Waals surface area contributed by atoms with Crippen LogP contribution in [0.5, 0.6) is 0 Å². The van der Waals surface area contributed by atoms with Gasteiger partial charge in [-0.1, -0.05) is 25.7 Å². The van der Waals surface area contributed by atoms with E-state index in [2.05, 4.69) is 9.98 Å². The van der Waals surface area contributed by atoms with Gasteiger partial charge in [0, 0.05) is 0 Å². The fraction of sp³-hybridized carbons (Fsp3) is 0.833. The molecule has 0 spiro atoms. The molecule has 88 valence electrons. The van der Waals surface area contributed by atoms with Gasteiger partial charge in [-0.25, -0.2) is 19.6 Å². The maximum Gasteiger partial charge on any atom is 0.234 e. The highest BCUT2D eigenvalue weighted by Gasteiger charge is 2.24. The van der Waals surface area contributed by atoms with E-state index in [1.165, 1.54) is 25.7 Å². The van der Waals surface area contributed by atoms with Crippen molar-refractivity contribution >= 4 is 12.2 Å². The van der Waals surface area contributed by atoms with Crippen LogP contribution in [0.25, 0.3) is 0 Å². The van der Waals surface area contributed by atoms with Crippen LogP contribution in [-0.2, 0) is 9.59 Å². The van der Waals surface area contributed by atoms with Crippen molar-refractivity contribution in [2.45, 2.75) is 38.5 Å². The van der Waals surface area contributed by atoms with Gasteiger partial charge in [0.1, 0.15) is 0 Å². The highest BCUT2D eigenvalue weighted by atomic mass is 16.1. The number of hydrogen-bond acceptors (Lipinski definition) is 4. The first-order valence-corrected chi connectivity index (χ1v) is 5.95. The van der Waals surface area contributed by atoms with Gasteiger partial charge >= 0.3 is 0 Å². The Kier molecular flexibility index (Phi) is 6.39. The monoisotopic (exact) mass is 222 g/mol. The molecule has 0 saturated heterocycles. The van der Waals surface area contributed by atoms with Gasteiger partial charge in [-0.3, -0.25) is 0 Å². The summed E-state index contributed by atoms with van der Waals surface area (Å²) in [5.41, 5.74) is 0. The molecule has 4 heteroatoms. The molecule has 0 aromatic rings. The Morgan fingerprint density at radius 3 is 1.69 bits per heavy atom. The SMILES string of the molecule is O=C=NCCC1CCCCC1CCN=C=O. The molecule has 1 saturated carbocycles. The van der Waals surface area contributed by atoms with E-state index in [0.717, 1.165) is 12.8 Å². The van der Waals surface area contributed by atoms with Gasteiger partial charge in [0.15, 0.2) is 0 Å². The zero-order valence-electron chi connectivity index (χ0n) is 9.52. The molecule has 0 aliphatic heterocycles. The Hall–Kier alpha value is -1.24. The molecular formula is C12H18N2O2. The summed E-state index contributed by atoms with van der Waals surface area (Å²) in [5.74, 6) is 1.26. The Bertz CT molecular complexity index is 261. The molecular weight excluding hydrogens is 204 g/mol. The second-order valence-corrected chi connectivity index (χ2v) is 4.33. The van der Waals surface area contributed by atoms with Crippen molar-refractivity contribution in [1.29, 1.82) is 0 Å². The fourth-order valence-electron chi connectivity index (χ4n) is 2.60. The molecule has 2 unspecified atom stereocenters. The summed E-state index contributed by atoms with van der Waals surface area (Å²) in [5, 5.41) is 0. The molecule has 0 bridgehead atoms. The third-order valence-electron chi connectivity index (χ3n) is 3.42. The van der Waals surface area contributed by atoms with Crippen molar-refractivity contribution in [3.05, 3.63) is 0 Å². The molecule has 1 rings (SSSR count). The van der Waals surface area contributed by atoms with Crippen molar-refractivity contribution in [2.75, 3.05) is 13.1 Å². The topological polar surface area (TPSA) is 58.9 Å². The molecule has 1 aliphatic carbocycles. The van der Waals surface area contributed by atoms with E-state index in [9.17, 15) is 9.59 Å². The average Bonchev–Trinajstić information content (AvgIpc) is 2.32. The van der Waals surface area contributed by atoms with Crippen LogP contribution in [-0.4, -0.2) is 25.2 Å². The van der Waals surface area contributed by atoms with Crippen molar-refractivity contribution in [1.82, 2.24) is 0 Å². The van der Waals surface area contributed by atoms with Gasteiger partial charge in [-0.05, 0) is 24.7 Å². The van der Waals surface area contributed by atoms with Crippen LogP contribution in [0.3, 0.4) is 0 Å². The van der Waals surface area contributed by atoms with Gasteiger partial charge in [-0.15, -0.1) is 0 Å². The minimum atomic E-state index is 0.585. The molecule has 1 aliphatic rings. The van der Waals surface area contributed by atoms with E-state index in [1.54, 1.807) is 12.2 Å². The lowest BCUT2D eigenvalue weighted by atomic mass is 9.76. The second-order valence-electron chi connectivity index (χ2n) is 4.33. The van der Waals surface area contributed by atoms with Crippen LogP contribution in [0.1, 0.15) is 38.5 Å². The first-order chi connectivity index (χ1) is 7.88. The predicted octanol–water partition coefficient (Wildman–Crippen LogP) is 2.24. The number of hydrogen-bond donors (Lipinski definition) is 0. The first-order valence-electron chi connectivity index (χ1n) is 5.95.